The van der Waals surface area contributed by atoms with Gasteiger partial charge in [-0.1, -0.05) is 0 Å². The molecule has 0 radical (unpaired) electrons. The molecular formula is C8H6I2O2. The van der Waals surface area contributed by atoms with Gasteiger partial charge in [0.05, 0.1) is 3.57 Å². The lowest BCUT2D eigenvalue weighted by atomic mass is 10.1. The number of benzene rings is 1. The van der Waals surface area contributed by atoms with Gasteiger partial charge in [-0.25, -0.2) is 0 Å². The van der Waals surface area contributed by atoms with Crippen LogP contribution in [0.25, 0.3) is 0 Å². The molecule has 0 spiro atoms. The molecule has 0 aliphatic carbocycles. The first-order chi connectivity index (χ1) is 5.54. The van der Waals surface area contributed by atoms with Crippen molar-refractivity contribution in [1.82, 2.24) is 0 Å². The number of carbonyl (C=O) groups excluding carboxylic acids is 1. The smallest absolute Gasteiger partial charge is 0.162 e. The molecular weight excluding hydrogens is 382 g/mol. The van der Waals surface area contributed by atoms with Gasteiger partial charge in [-0.15, -0.1) is 0 Å². The van der Waals surface area contributed by atoms with E-state index in [-0.39, 0.29) is 11.5 Å². The Morgan fingerprint density at radius 2 is 2.00 bits per heavy atom. The van der Waals surface area contributed by atoms with E-state index in [1.807, 2.05) is 22.6 Å². The third-order valence-corrected chi connectivity index (χ3v) is 3.41. The Morgan fingerprint density at radius 1 is 1.42 bits per heavy atom. The van der Waals surface area contributed by atoms with E-state index in [9.17, 15) is 9.90 Å². The number of aromatic hydroxyl groups is 1. The van der Waals surface area contributed by atoms with Gasteiger partial charge in [0.2, 0.25) is 0 Å². The molecule has 1 aromatic carbocycles. The van der Waals surface area contributed by atoms with Crippen LogP contribution in [0.15, 0.2) is 12.1 Å². The van der Waals surface area contributed by atoms with Gasteiger partial charge in [0.25, 0.3) is 0 Å². The zero-order valence-electron chi connectivity index (χ0n) is 6.27. The van der Waals surface area contributed by atoms with E-state index in [4.69, 9.17) is 0 Å². The van der Waals surface area contributed by atoms with Crippen LogP contribution in [0.3, 0.4) is 0 Å². The van der Waals surface area contributed by atoms with Crippen LogP contribution in [0.2, 0.25) is 0 Å². The van der Waals surface area contributed by atoms with Crippen molar-refractivity contribution in [2.24, 2.45) is 0 Å². The van der Waals surface area contributed by atoms with Gasteiger partial charge in [-0.3, -0.25) is 4.79 Å². The van der Waals surface area contributed by atoms with E-state index in [1.165, 1.54) is 6.92 Å². The number of phenols is 1. The normalized spacial score (nSPS) is 9.92. The molecule has 1 N–H and O–H groups in total. The van der Waals surface area contributed by atoms with Crippen LogP contribution in [0.4, 0.5) is 0 Å². The number of carbonyl (C=O) groups is 1. The second kappa shape index (κ2) is 3.91. The molecule has 0 aromatic heterocycles. The van der Waals surface area contributed by atoms with Crippen LogP contribution in [0.1, 0.15) is 17.3 Å². The fraction of sp³-hybridized carbons (Fsp3) is 0.125. The summed E-state index contributed by atoms with van der Waals surface area (Å²) < 4.78 is 1.51. The van der Waals surface area contributed by atoms with E-state index in [0.717, 1.165) is 3.57 Å². The number of halogens is 2. The van der Waals surface area contributed by atoms with Gasteiger partial charge in [0, 0.05) is 9.13 Å². The summed E-state index contributed by atoms with van der Waals surface area (Å²) in [6.45, 7) is 1.50. The van der Waals surface area contributed by atoms with Crippen molar-refractivity contribution in [2.75, 3.05) is 0 Å². The number of phenolic OH excluding ortho intramolecular Hbond substituents is 1. The summed E-state index contributed by atoms with van der Waals surface area (Å²) in [4.78, 5) is 11.1. The summed E-state index contributed by atoms with van der Waals surface area (Å²) in [7, 11) is 0. The highest BCUT2D eigenvalue weighted by Gasteiger charge is 2.12. The molecule has 1 aromatic rings. The number of hydrogen-bond acceptors (Lipinski definition) is 2. The monoisotopic (exact) mass is 388 g/mol. The molecule has 0 aliphatic rings. The number of ketones is 1. The molecule has 64 valence electrons. The van der Waals surface area contributed by atoms with E-state index < -0.39 is 0 Å². The van der Waals surface area contributed by atoms with Gasteiger partial charge in [-0.2, -0.15) is 0 Å². The molecule has 1 rings (SSSR count). The molecule has 0 fully saturated rings. The summed E-state index contributed by atoms with van der Waals surface area (Å²) in [6.07, 6.45) is 0. The Labute approximate surface area is 97.6 Å². The van der Waals surface area contributed by atoms with E-state index in [2.05, 4.69) is 22.6 Å². The Bertz CT molecular complexity index is 334. The predicted molar refractivity (Wildman–Crippen MR) is 63.5 cm³/mol. The molecule has 0 unspecified atom stereocenters. The standard InChI is InChI=1S/C8H6I2O2/c1-4(11)7-5(9)2-3-6(12)8(7)10/h2-3,12H,1H3. The summed E-state index contributed by atoms with van der Waals surface area (Å²) in [6, 6.07) is 3.32. The number of rotatable bonds is 1. The minimum absolute atomic E-state index is 0.0142. The molecule has 0 bridgehead atoms. The zero-order chi connectivity index (χ0) is 9.30. The van der Waals surface area contributed by atoms with Gasteiger partial charge >= 0.3 is 0 Å². The Balaban J connectivity index is 3.43. The number of Topliss-reactive ketones (excluding diaryl/α,β-unsaturated/α-hetero) is 1. The van der Waals surface area contributed by atoms with Crippen LogP contribution in [0.5, 0.6) is 5.75 Å². The third-order valence-electron chi connectivity index (χ3n) is 1.42. The molecule has 2 nitrogen and oxygen atoms in total. The maximum Gasteiger partial charge on any atom is 0.162 e. The zero-order valence-corrected chi connectivity index (χ0v) is 10.6. The summed E-state index contributed by atoms with van der Waals surface area (Å²) in [5.41, 5.74) is 0.608. The summed E-state index contributed by atoms with van der Waals surface area (Å²) in [5, 5.41) is 9.31. The minimum Gasteiger partial charge on any atom is -0.507 e. The van der Waals surface area contributed by atoms with Crippen molar-refractivity contribution in [1.29, 1.82) is 0 Å². The lowest BCUT2D eigenvalue weighted by Crippen LogP contribution is -1.99. The first kappa shape index (κ1) is 10.2. The highest BCUT2D eigenvalue weighted by Crippen LogP contribution is 2.27. The first-order valence-electron chi connectivity index (χ1n) is 3.22. The second-order valence-corrected chi connectivity index (χ2v) is 4.55. The van der Waals surface area contributed by atoms with Crippen molar-refractivity contribution in [3.05, 3.63) is 24.8 Å². The van der Waals surface area contributed by atoms with E-state index in [1.54, 1.807) is 12.1 Å². The Morgan fingerprint density at radius 3 is 2.42 bits per heavy atom. The predicted octanol–water partition coefficient (Wildman–Crippen LogP) is 2.80. The highest BCUT2D eigenvalue weighted by molar-refractivity contribution is 14.1. The van der Waals surface area contributed by atoms with Crippen molar-refractivity contribution < 1.29 is 9.90 Å². The fourth-order valence-electron chi connectivity index (χ4n) is 0.864. The van der Waals surface area contributed by atoms with Crippen molar-refractivity contribution >= 4 is 51.0 Å². The van der Waals surface area contributed by atoms with Crippen molar-refractivity contribution in [2.45, 2.75) is 6.92 Å². The highest BCUT2D eigenvalue weighted by atomic mass is 127. The van der Waals surface area contributed by atoms with Crippen LogP contribution in [-0.4, -0.2) is 10.9 Å². The summed E-state index contributed by atoms with van der Waals surface area (Å²) >= 11 is 4.05. The average molecular weight is 388 g/mol. The largest absolute Gasteiger partial charge is 0.507 e. The number of hydrogen-bond donors (Lipinski definition) is 1. The average Bonchev–Trinajstić information content (AvgIpc) is 1.97. The second-order valence-electron chi connectivity index (χ2n) is 2.31. The van der Waals surface area contributed by atoms with Crippen LogP contribution in [-0.2, 0) is 0 Å². The van der Waals surface area contributed by atoms with Crippen molar-refractivity contribution in [3.8, 4) is 5.75 Å². The molecule has 0 atom stereocenters. The van der Waals surface area contributed by atoms with E-state index >= 15 is 0 Å². The maximum absolute atomic E-state index is 11.1. The van der Waals surface area contributed by atoms with Crippen molar-refractivity contribution in [3.63, 3.8) is 0 Å². The summed E-state index contributed by atoms with van der Waals surface area (Å²) in [5.74, 6) is 0.154. The van der Waals surface area contributed by atoms with Crippen LogP contribution >= 0.6 is 45.2 Å². The van der Waals surface area contributed by atoms with E-state index in [0.29, 0.717) is 9.13 Å². The first-order valence-corrected chi connectivity index (χ1v) is 5.37. The maximum atomic E-state index is 11.1. The molecule has 0 aliphatic heterocycles. The quantitative estimate of drug-likeness (QED) is 0.594. The van der Waals surface area contributed by atoms with Gasteiger partial charge in [-0.05, 0) is 64.2 Å². The Kier molecular flexibility index (Phi) is 3.33. The molecule has 4 heteroatoms. The third kappa shape index (κ3) is 1.90. The molecule has 0 saturated carbocycles. The Hall–Kier alpha value is 0.150. The van der Waals surface area contributed by atoms with Gasteiger partial charge in [0.15, 0.2) is 5.78 Å². The van der Waals surface area contributed by atoms with Gasteiger partial charge in [0.1, 0.15) is 5.75 Å². The van der Waals surface area contributed by atoms with Crippen LogP contribution in [0, 0.1) is 7.14 Å². The van der Waals surface area contributed by atoms with Crippen LogP contribution < -0.4 is 0 Å². The minimum atomic E-state index is -0.0142. The molecule has 12 heavy (non-hydrogen) atoms. The topological polar surface area (TPSA) is 37.3 Å². The lowest BCUT2D eigenvalue weighted by Gasteiger charge is -2.04. The fourth-order valence-corrected chi connectivity index (χ4v) is 3.06. The van der Waals surface area contributed by atoms with Gasteiger partial charge < -0.3 is 5.11 Å². The molecule has 0 amide bonds. The molecule has 0 heterocycles. The lowest BCUT2D eigenvalue weighted by molar-refractivity contribution is 0.101. The SMILES string of the molecule is CC(=O)c1c(I)ccc(O)c1I. The molecule has 0 saturated heterocycles.